The van der Waals surface area contributed by atoms with Crippen LogP contribution in [-0.2, 0) is 4.79 Å². The Morgan fingerprint density at radius 3 is 2.88 bits per heavy atom. The summed E-state index contributed by atoms with van der Waals surface area (Å²) in [5.41, 5.74) is 2.93. The van der Waals surface area contributed by atoms with Gasteiger partial charge in [-0.15, -0.1) is 10.2 Å². The number of aryl methyl sites for hydroxylation is 1. The van der Waals surface area contributed by atoms with Gasteiger partial charge in [0.2, 0.25) is 5.91 Å². The zero-order valence-corrected chi connectivity index (χ0v) is 15.4. The Hall–Kier alpha value is -2.64. The summed E-state index contributed by atoms with van der Waals surface area (Å²) in [5, 5.41) is 13.5. The topological polar surface area (TPSA) is 72.2 Å². The van der Waals surface area contributed by atoms with Crippen LogP contribution in [0.5, 0.6) is 0 Å². The van der Waals surface area contributed by atoms with Crippen LogP contribution in [0.2, 0.25) is 5.02 Å². The Morgan fingerprint density at radius 1 is 1.23 bits per heavy atom. The largest absolute Gasteiger partial charge is 0.310 e. The molecule has 6 nitrogen and oxygen atoms in total. The summed E-state index contributed by atoms with van der Waals surface area (Å²) in [6.07, 6.45) is 1.49. The second kappa shape index (κ2) is 6.93. The SMILES string of the molecule is Cc1cc2nnc(SCC(=O)Nc3ccc(Cl)cn3)n2c2ccccc12. The standard InChI is InChI=1S/C18H14ClN5OS/c1-11-8-16-22-23-18(24(16)14-5-3-2-4-13(11)14)26-10-17(25)21-15-7-6-12(19)9-20-15/h2-9H,10H2,1H3,(H,20,21,25). The zero-order valence-electron chi connectivity index (χ0n) is 13.8. The van der Waals surface area contributed by atoms with Crippen molar-refractivity contribution in [3.63, 3.8) is 0 Å². The van der Waals surface area contributed by atoms with Crippen LogP contribution in [0.25, 0.3) is 16.6 Å². The van der Waals surface area contributed by atoms with Crippen molar-refractivity contribution in [1.82, 2.24) is 19.6 Å². The highest BCUT2D eigenvalue weighted by Gasteiger charge is 2.13. The lowest BCUT2D eigenvalue weighted by Crippen LogP contribution is -2.15. The molecule has 0 fully saturated rings. The fourth-order valence-corrected chi connectivity index (χ4v) is 3.59. The van der Waals surface area contributed by atoms with Crippen molar-refractivity contribution in [2.45, 2.75) is 12.1 Å². The molecule has 4 aromatic rings. The summed E-state index contributed by atoms with van der Waals surface area (Å²) in [6.45, 7) is 2.05. The van der Waals surface area contributed by atoms with Crippen LogP contribution in [0, 0.1) is 6.92 Å². The lowest BCUT2D eigenvalue weighted by atomic mass is 10.1. The maximum atomic E-state index is 12.2. The molecule has 3 aromatic heterocycles. The van der Waals surface area contributed by atoms with Crippen molar-refractivity contribution < 1.29 is 4.79 Å². The Morgan fingerprint density at radius 2 is 2.08 bits per heavy atom. The van der Waals surface area contributed by atoms with Gasteiger partial charge in [0, 0.05) is 11.6 Å². The van der Waals surface area contributed by atoms with E-state index in [1.807, 2.05) is 28.7 Å². The molecule has 26 heavy (non-hydrogen) atoms. The molecule has 0 unspecified atom stereocenters. The third-order valence-electron chi connectivity index (χ3n) is 3.90. The number of fused-ring (bicyclic) bond motifs is 3. The smallest absolute Gasteiger partial charge is 0.236 e. The van der Waals surface area contributed by atoms with Gasteiger partial charge in [-0.1, -0.05) is 41.6 Å². The molecule has 0 radical (unpaired) electrons. The van der Waals surface area contributed by atoms with Gasteiger partial charge in [0.15, 0.2) is 10.8 Å². The van der Waals surface area contributed by atoms with E-state index in [4.69, 9.17) is 11.6 Å². The summed E-state index contributed by atoms with van der Waals surface area (Å²) in [6, 6.07) is 13.4. The number of pyridine rings is 2. The Bertz CT molecular complexity index is 1110. The fraction of sp³-hybridized carbons (Fsp3) is 0.111. The van der Waals surface area contributed by atoms with Gasteiger partial charge in [0.05, 0.1) is 16.3 Å². The number of aromatic nitrogens is 4. The first kappa shape index (κ1) is 16.8. The van der Waals surface area contributed by atoms with Gasteiger partial charge in [-0.2, -0.15) is 0 Å². The van der Waals surface area contributed by atoms with Crippen molar-refractivity contribution in [2.24, 2.45) is 0 Å². The second-order valence-corrected chi connectivity index (χ2v) is 7.10. The van der Waals surface area contributed by atoms with E-state index in [2.05, 4.69) is 33.5 Å². The average molecular weight is 384 g/mol. The first-order valence-corrected chi connectivity index (χ1v) is 9.26. The van der Waals surface area contributed by atoms with Crippen LogP contribution < -0.4 is 5.32 Å². The van der Waals surface area contributed by atoms with Crippen molar-refractivity contribution in [1.29, 1.82) is 0 Å². The molecule has 4 rings (SSSR count). The van der Waals surface area contributed by atoms with E-state index in [1.165, 1.54) is 18.0 Å². The molecule has 1 aromatic carbocycles. The van der Waals surface area contributed by atoms with Gasteiger partial charge in [-0.25, -0.2) is 4.98 Å². The predicted molar refractivity (Wildman–Crippen MR) is 104 cm³/mol. The monoisotopic (exact) mass is 383 g/mol. The minimum Gasteiger partial charge on any atom is -0.310 e. The van der Waals surface area contributed by atoms with E-state index < -0.39 is 0 Å². The summed E-state index contributed by atoms with van der Waals surface area (Å²) in [4.78, 5) is 16.2. The molecule has 3 heterocycles. The molecule has 1 amide bonds. The molecular formula is C18H14ClN5OS. The summed E-state index contributed by atoms with van der Waals surface area (Å²) >= 11 is 7.13. The van der Waals surface area contributed by atoms with Crippen molar-refractivity contribution in [3.8, 4) is 0 Å². The van der Waals surface area contributed by atoms with Gasteiger partial charge in [0.25, 0.3) is 0 Å². The summed E-state index contributed by atoms with van der Waals surface area (Å²) < 4.78 is 1.97. The summed E-state index contributed by atoms with van der Waals surface area (Å²) in [7, 11) is 0. The van der Waals surface area contributed by atoms with Crippen LogP contribution in [0.15, 0.2) is 53.8 Å². The van der Waals surface area contributed by atoms with E-state index in [9.17, 15) is 4.79 Å². The number of carbonyl (C=O) groups is 1. The summed E-state index contributed by atoms with van der Waals surface area (Å²) in [5.74, 6) is 0.498. The second-order valence-electron chi connectivity index (χ2n) is 5.72. The Kier molecular flexibility index (Phi) is 4.48. The highest BCUT2D eigenvalue weighted by Crippen LogP contribution is 2.25. The normalized spacial score (nSPS) is 11.2. The van der Waals surface area contributed by atoms with E-state index in [0.717, 1.165) is 22.1 Å². The van der Waals surface area contributed by atoms with Gasteiger partial charge in [-0.3, -0.25) is 9.20 Å². The molecule has 0 aliphatic rings. The molecule has 0 spiro atoms. The van der Waals surface area contributed by atoms with E-state index in [0.29, 0.717) is 16.0 Å². The molecule has 0 aliphatic heterocycles. The quantitative estimate of drug-likeness (QED) is 0.540. The number of amides is 1. The number of nitrogens with zero attached hydrogens (tertiary/aromatic N) is 4. The number of rotatable bonds is 4. The van der Waals surface area contributed by atoms with E-state index in [-0.39, 0.29) is 11.7 Å². The minimum absolute atomic E-state index is 0.169. The van der Waals surface area contributed by atoms with Crippen LogP contribution in [0.3, 0.4) is 0 Å². The number of halogens is 1. The van der Waals surface area contributed by atoms with Crippen LogP contribution >= 0.6 is 23.4 Å². The molecule has 0 bridgehead atoms. The fourth-order valence-electron chi connectivity index (χ4n) is 2.73. The van der Waals surface area contributed by atoms with Crippen LogP contribution in [0.4, 0.5) is 5.82 Å². The maximum absolute atomic E-state index is 12.2. The number of thioether (sulfide) groups is 1. The number of hydrogen-bond acceptors (Lipinski definition) is 5. The van der Waals surface area contributed by atoms with E-state index in [1.54, 1.807) is 12.1 Å². The lowest BCUT2D eigenvalue weighted by molar-refractivity contribution is -0.113. The molecule has 1 N–H and O–H groups in total. The lowest BCUT2D eigenvalue weighted by Gasteiger charge is -2.07. The van der Waals surface area contributed by atoms with Crippen molar-refractivity contribution >= 4 is 51.6 Å². The number of benzene rings is 1. The van der Waals surface area contributed by atoms with Crippen molar-refractivity contribution in [2.75, 3.05) is 11.1 Å². The zero-order chi connectivity index (χ0) is 18.1. The molecular weight excluding hydrogens is 370 g/mol. The van der Waals surface area contributed by atoms with Gasteiger partial charge < -0.3 is 5.32 Å². The van der Waals surface area contributed by atoms with Crippen molar-refractivity contribution in [3.05, 3.63) is 59.2 Å². The van der Waals surface area contributed by atoms with Gasteiger partial charge in [-0.05, 0) is 36.8 Å². The first-order chi connectivity index (χ1) is 12.6. The molecule has 0 saturated carbocycles. The Balaban J connectivity index is 1.57. The number of para-hydroxylation sites is 1. The molecule has 0 saturated heterocycles. The molecule has 0 atom stereocenters. The third kappa shape index (κ3) is 3.23. The molecule has 130 valence electrons. The number of nitrogens with one attached hydrogen (secondary N) is 1. The minimum atomic E-state index is -0.169. The molecule has 8 heteroatoms. The number of hydrogen-bond donors (Lipinski definition) is 1. The highest BCUT2D eigenvalue weighted by atomic mass is 35.5. The highest BCUT2D eigenvalue weighted by molar-refractivity contribution is 7.99. The maximum Gasteiger partial charge on any atom is 0.236 e. The Labute approximate surface area is 158 Å². The van der Waals surface area contributed by atoms with Gasteiger partial charge >= 0.3 is 0 Å². The van der Waals surface area contributed by atoms with Crippen LogP contribution in [0.1, 0.15) is 5.56 Å². The predicted octanol–water partition coefficient (Wildman–Crippen LogP) is 3.97. The number of carbonyl (C=O) groups excluding carboxylic acids is 1. The number of anilines is 1. The average Bonchev–Trinajstić information content (AvgIpc) is 3.05. The molecule has 0 aliphatic carbocycles. The first-order valence-electron chi connectivity index (χ1n) is 7.89. The third-order valence-corrected chi connectivity index (χ3v) is 5.05. The van der Waals surface area contributed by atoms with Crippen LogP contribution in [-0.4, -0.2) is 31.2 Å². The van der Waals surface area contributed by atoms with E-state index >= 15 is 0 Å². The van der Waals surface area contributed by atoms with Gasteiger partial charge in [0.1, 0.15) is 5.82 Å².